The lowest BCUT2D eigenvalue weighted by Crippen LogP contribution is -2.52. The molecule has 1 rings (SSSR count). The number of piperidine rings is 1. The maximum atomic E-state index is 12.0. The van der Waals surface area contributed by atoms with Gasteiger partial charge in [0.15, 0.2) is 0 Å². The molecule has 1 aliphatic heterocycles. The van der Waals surface area contributed by atoms with E-state index < -0.39 is 0 Å². The second-order valence-electron chi connectivity index (χ2n) is 5.62. The molecule has 0 aliphatic carbocycles. The monoisotopic (exact) mass is 226 g/mol. The summed E-state index contributed by atoms with van der Waals surface area (Å²) in [5.74, 6) is 1.70. The third kappa shape index (κ3) is 3.21. The zero-order valence-electron chi connectivity index (χ0n) is 11.3. The van der Waals surface area contributed by atoms with E-state index in [-0.39, 0.29) is 5.92 Å². The fourth-order valence-electron chi connectivity index (χ4n) is 2.38. The number of hydrogen-bond acceptors (Lipinski definition) is 2. The van der Waals surface area contributed by atoms with Gasteiger partial charge >= 0.3 is 0 Å². The number of likely N-dealkylation sites (tertiary alicyclic amines) is 1. The van der Waals surface area contributed by atoms with E-state index in [0.29, 0.717) is 23.8 Å². The Balaban J connectivity index is 2.67. The zero-order chi connectivity index (χ0) is 12.3. The third-order valence-electron chi connectivity index (χ3n) is 3.64. The molecule has 3 nitrogen and oxygen atoms in total. The highest BCUT2D eigenvalue weighted by molar-refractivity contribution is 5.78. The normalized spacial score (nSPS) is 26.6. The topological polar surface area (TPSA) is 32.3 Å². The van der Waals surface area contributed by atoms with Crippen molar-refractivity contribution in [2.24, 2.45) is 17.8 Å². The molecule has 0 aromatic carbocycles. The Labute approximate surface area is 99.6 Å². The van der Waals surface area contributed by atoms with Crippen LogP contribution in [-0.2, 0) is 4.79 Å². The standard InChI is InChI=1S/C13H26N2O/c1-9(2)11-6-12(14-5)8-15(7-11)13(16)10(3)4/h9-12,14H,6-8H2,1-5H3. The van der Waals surface area contributed by atoms with Crippen LogP contribution in [0.1, 0.15) is 34.1 Å². The van der Waals surface area contributed by atoms with Crippen molar-refractivity contribution in [1.29, 1.82) is 0 Å². The molecule has 0 spiro atoms. The summed E-state index contributed by atoms with van der Waals surface area (Å²) in [7, 11) is 1.99. The van der Waals surface area contributed by atoms with Crippen LogP contribution in [0.2, 0.25) is 0 Å². The van der Waals surface area contributed by atoms with Gasteiger partial charge in [0.2, 0.25) is 5.91 Å². The summed E-state index contributed by atoms with van der Waals surface area (Å²) in [6.45, 7) is 10.3. The molecule has 2 atom stereocenters. The Morgan fingerprint density at radius 3 is 2.31 bits per heavy atom. The van der Waals surface area contributed by atoms with Gasteiger partial charge < -0.3 is 10.2 Å². The maximum Gasteiger partial charge on any atom is 0.225 e. The molecule has 1 aliphatic rings. The van der Waals surface area contributed by atoms with Gasteiger partial charge in [0.25, 0.3) is 0 Å². The number of amides is 1. The first kappa shape index (κ1) is 13.5. The van der Waals surface area contributed by atoms with Crippen molar-refractivity contribution in [1.82, 2.24) is 10.2 Å². The molecule has 0 aromatic heterocycles. The van der Waals surface area contributed by atoms with Crippen LogP contribution in [0.3, 0.4) is 0 Å². The largest absolute Gasteiger partial charge is 0.341 e. The first-order valence-electron chi connectivity index (χ1n) is 6.41. The molecule has 3 heteroatoms. The van der Waals surface area contributed by atoms with Crippen molar-refractivity contribution in [3.8, 4) is 0 Å². The lowest BCUT2D eigenvalue weighted by molar-refractivity contribution is -0.137. The summed E-state index contributed by atoms with van der Waals surface area (Å²) in [6, 6.07) is 0.462. The van der Waals surface area contributed by atoms with Crippen molar-refractivity contribution in [3.05, 3.63) is 0 Å². The molecule has 0 radical (unpaired) electrons. The predicted molar refractivity (Wildman–Crippen MR) is 67.2 cm³/mol. The SMILES string of the molecule is CNC1CC(C(C)C)CN(C(=O)C(C)C)C1. The quantitative estimate of drug-likeness (QED) is 0.795. The van der Waals surface area contributed by atoms with Gasteiger partial charge in [-0.05, 0) is 25.3 Å². The van der Waals surface area contributed by atoms with Crippen molar-refractivity contribution >= 4 is 5.91 Å². The summed E-state index contributed by atoms with van der Waals surface area (Å²) in [5, 5.41) is 3.32. The summed E-state index contributed by atoms with van der Waals surface area (Å²) < 4.78 is 0. The first-order valence-corrected chi connectivity index (χ1v) is 6.41. The highest BCUT2D eigenvalue weighted by Crippen LogP contribution is 2.24. The van der Waals surface area contributed by atoms with Gasteiger partial charge in [0.05, 0.1) is 0 Å². The second-order valence-corrected chi connectivity index (χ2v) is 5.62. The average molecular weight is 226 g/mol. The Bertz CT molecular complexity index is 238. The van der Waals surface area contributed by atoms with Crippen LogP contribution >= 0.6 is 0 Å². The van der Waals surface area contributed by atoms with Crippen LogP contribution in [-0.4, -0.2) is 37.0 Å². The van der Waals surface area contributed by atoms with Crippen LogP contribution < -0.4 is 5.32 Å². The van der Waals surface area contributed by atoms with Gasteiger partial charge in [0.1, 0.15) is 0 Å². The minimum absolute atomic E-state index is 0.114. The fraction of sp³-hybridized carbons (Fsp3) is 0.923. The lowest BCUT2D eigenvalue weighted by Gasteiger charge is -2.40. The van der Waals surface area contributed by atoms with Crippen molar-refractivity contribution in [2.75, 3.05) is 20.1 Å². The number of nitrogens with zero attached hydrogens (tertiary/aromatic N) is 1. The van der Waals surface area contributed by atoms with Gasteiger partial charge in [-0.25, -0.2) is 0 Å². The van der Waals surface area contributed by atoms with Crippen LogP contribution in [0.5, 0.6) is 0 Å². The van der Waals surface area contributed by atoms with Crippen LogP contribution in [0, 0.1) is 17.8 Å². The van der Waals surface area contributed by atoms with E-state index in [4.69, 9.17) is 0 Å². The zero-order valence-corrected chi connectivity index (χ0v) is 11.3. The lowest BCUT2D eigenvalue weighted by atomic mass is 9.85. The van der Waals surface area contributed by atoms with Crippen molar-refractivity contribution in [2.45, 2.75) is 40.2 Å². The fourth-order valence-corrected chi connectivity index (χ4v) is 2.38. The van der Waals surface area contributed by atoms with Crippen LogP contribution in [0.15, 0.2) is 0 Å². The number of carbonyl (C=O) groups is 1. The van der Waals surface area contributed by atoms with Gasteiger partial charge in [-0.15, -0.1) is 0 Å². The number of nitrogens with one attached hydrogen (secondary N) is 1. The molecule has 1 fully saturated rings. The van der Waals surface area contributed by atoms with E-state index in [2.05, 4.69) is 19.2 Å². The second kappa shape index (κ2) is 5.67. The summed E-state index contributed by atoms with van der Waals surface area (Å²) in [4.78, 5) is 14.1. The highest BCUT2D eigenvalue weighted by atomic mass is 16.2. The van der Waals surface area contributed by atoms with Gasteiger partial charge in [0, 0.05) is 25.0 Å². The number of hydrogen-bond donors (Lipinski definition) is 1. The molecule has 1 amide bonds. The summed E-state index contributed by atoms with van der Waals surface area (Å²) in [6.07, 6.45) is 1.19. The molecule has 2 unspecified atom stereocenters. The Morgan fingerprint density at radius 2 is 1.88 bits per heavy atom. The molecule has 16 heavy (non-hydrogen) atoms. The van der Waals surface area contributed by atoms with Gasteiger partial charge in [-0.1, -0.05) is 27.7 Å². The number of carbonyl (C=O) groups excluding carboxylic acids is 1. The molecule has 1 saturated heterocycles. The molecule has 1 N–H and O–H groups in total. The smallest absolute Gasteiger partial charge is 0.225 e. The predicted octanol–water partition coefficient (Wildman–Crippen LogP) is 1.73. The summed E-state index contributed by atoms with van der Waals surface area (Å²) in [5.41, 5.74) is 0. The Hall–Kier alpha value is -0.570. The van der Waals surface area contributed by atoms with E-state index in [0.717, 1.165) is 13.1 Å². The number of rotatable bonds is 3. The average Bonchev–Trinajstić information content (AvgIpc) is 2.27. The minimum atomic E-state index is 0.114. The molecule has 0 saturated carbocycles. The molecular formula is C13H26N2O. The van der Waals surface area contributed by atoms with E-state index in [1.807, 2.05) is 25.8 Å². The minimum Gasteiger partial charge on any atom is -0.341 e. The van der Waals surface area contributed by atoms with E-state index in [1.54, 1.807) is 0 Å². The van der Waals surface area contributed by atoms with E-state index >= 15 is 0 Å². The summed E-state index contributed by atoms with van der Waals surface area (Å²) >= 11 is 0. The van der Waals surface area contributed by atoms with E-state index in [1.165, 1.54) is 6.42 Å². The Morgan fingerprint density at radius 1 is 1.25 bits per heavy atom. The van der Waals surface area contributed by atoms with E-state index in [9.17, 15) is 4.79 Å². The molecule has 1 heterocycles. The maximum absolute atomic E-state index is 12.0. The highest BCUT2D eigenvalue weighted by Gasteiger charge is 2.31. The van der Waals surface area contributed by atoms with Crippen LogP contribution in [0.25, 0.3) is 0 Å². The Kier molecular flexibility index (Phi) is 4.78. The van der Waals surface area contributed by atoms with Crippen molar-refractivity contribution < 1.29 is 4.79 Å². The number of likely N-dealkylation sites (N-methyl/N-ethyl adjacent to an activating group) is 1. The molecular weight excluding hydrogens is 200 g/mol. The molecule has 94 valence electrons. The van der Waals surface area contributed by atoms with Gasteiger partial charge in [-0.3, -0.25) is 4.79 Å². The van der Waals surface area contributed by atoms with Crippen molar-refractivity contribution in [3.63, 3.8) is 0 Å². The third-order valence-corrected chi connectivity index (χ3v) is 3.64. The molecule has 0 bridgehead atoms. The first-order chi connectivity index (χ1) is 7.45. The van der Waals surface area contributed by atoms with Gasteiger partial charge in [-0.2, -0.15) is 0 Å². The van der Waals surface area contributed by atoms with Crippen LogP contribution in [0.4, 0.5) is 0 Å². The molecule has 0 aromatic rings.